The number of hydrogen-bond donors (Lipinski definition) is 3. The number of benzene rings is 2. The first kappa shape index (κ1) is 59.2. The Morgan fingerprint density at radius 3 is 1.32 bits per heavy atom. The zero-order valence-electron chi connectivity index (χ0n) is 46.6. The Kier molecular flexibility index (Phi) is 16.5. The SMILES string of the molecule is CC(C)(C)OC(=O)OC(=O)OC(C)(C)C.Cc1ccc2[nH]c(C(=O)OC(C)(C)C)c(-n3c(=O)[nH]c4cscc4c3=O)c2c1.Cc1ccc2[nH]c(C(=O)OC(C)(C)C)c(-n3c(=O)c4cscc4n(C(=O)OC(C)(C)C)c3=O)c2c1. The van der Waals surface area contributed by atoms with Crippen molar-refractivity contribution in [3.8, 4) is 11.4 Å². The number of aryl methyl sites for hydroxylation is 2. The molecule has 416 valence electrons. The van der Waals surface area contributed by atoms with Crippen LogP contribution >= 0.6 is 22.7 Å². The summed E-state index contributed by atoms with van der Waals surface area (Å²) in [6.07, 6.45) is -3.04. The van der Waals surface area contributed by atoms with E-state index in [1.54, 1.807) is 138 Å². The van der Waals surface area contributed by atoms with Gasteiger partial charge in [0.1, 0.15) is 28.0 Å². The molecule has 0 aliphatic carbocycles. The van der Waals surface area contributed by atoms with Crippen LogP contribution in [-0.4, -0.2) is 87.0 Å². The molecule has 0 bridgehead atoms. The zero-order valence-corrected chi connectivity index (χ0v) is 48.2. The van der Waals surface area contributed by atoms with Gasteiger partial charge in [-0.15, -0.1) is 22.7 Å². The highest BCUT2D eigenvalue weighted by atomic mass is 32.1. The van der Waals surface area contributed by atoms with Gasteiger partial charge in [0.25, 0.3) is 11.1 Å². The molecule has 0 amide bonds. The fourth-order valence-electron chi connectivity index (χ4n) is 7.47. The lowest BCUT2D eigenvalue weighted by molar-refractivity contribution is -0.0295. The number of carbonyl (C=O) groups excluding carboxylic acids is 5. The van der Waals surface area contributed by atoms with Crippen molar-refractivity contribution in [3.63, 3.8) is 0 Å². The predicted molar refractivity (Wildman–Crippen MR) is 298 cm³/mol. The summed E-state index contributed by atoms with van der Waals surface area (Å²) in [5.74, 6) is -1.37. The maximum Gasteiger partial charge on any atom is 0.519 e. The van der Waals surface area contributed by atoms with Crippen LogP contribution in [0.2, 0.25) is 0 Å². The molecule has 2 aromatic carbocycles. The van der Waals surface area contributed by atoms with Gasteiger partial charge in [0.15, 0.2) is 11.4 Å². The van der Waals surface area contributed by atoms with E-state index < -0.39 is 80.8 Å². The minimum Gasteiger partial charge on any atom is -0.455 e. The summed E-state index contributed by atoms with van der Waals surface area (Å²) in [5.41, 5.74) is -2.69. The molecule has 0 radical (unpaired) electrons. The molecule has 0 atom stereocenters. The Hall–Kier alpha value is -8.05. The van der Waals surface area contributed by atoms with E-state index in [0.29, 0.717) is 32.7 Å². The summed E-state index contributed by atoms with van der Waals surface area (Å²) < 4.78 is 33.0. The first-order valence-electron chi connectivity index (χ1n) is 24.4. The van der Waals surface area contributed by atoms with Crippen molar-refractivity contribution in [2.75, 3.05) is 0 Å². The third-order valence-corrected chi connectivity index (χ3v) is 11.7. The molecule has 6 heterocycles. The highest BCUT2D eigenvalue weighted by Gasteiger charge is 2.32. The number of ether oxygens (including phenoxy) is 6. The maximum atomic E-state index is 13.8. The van der Waals surface area contributed by atoms with Gasteiger partial charge in [-0.3, -0.25) is 9.59 Å². The Morgan fingerprint density at radius 1 is 0.462 bits per heavy atom. The van der Waals surface area contributed by atoms with Gasteiger partial charge in [0, 0.05) is 43.3 Å². The lowest BCUT2D eigenvalue weighted by Gasteiger charge is -2.21. The molecule has 0 spiro atoms. The molecule has 0 unspecified atom stereocenters. The van der Waals surface area contributed by atoms with Crippen LogP contribution in [0.25, 0.3) is 55.0 Å². The molecule has 0 saturated carbocycles. The van der Waals surface area contributed by atoms with E-state index in [9.17, 15) is 43.2 Å². The third-order valence-electron chi connectivity index (χ3n) is 10.3. The lowest BCUT2D eigenvalue weighted by atomic mass is 10.1. The average Bonchev–Trinajstić information content (AvgIpc) is 4.07. The first-order chi connectivity index (χ1) is 35.8. The van der Waals surface area contributed by atoms with E-state index in [0.717, 1.165) is 24.8 Å². The summed E-state index contributed by atoms with van der Waals surface area (Å²) in [4.78, 5) is 123. The number of nitrogens with one attached hydrogen (secondary N) is 3. The van der Waals surface area contributed by atoms with Crippen LogP contribution in [0, 0.1) is 13.8 Å². The number of hydrogen-bond acceptors (Lipinski definition) is 17. The third kappa shape index (κ3) is 14.1. The van der Waals surface area contributed by atoms with Crippen molar-refractivity contribution in [2.24, 2.45) is 0 Å². The monoisotopic (exact) mass is 1110 g/mol. The normalized spacial score (nSPS) is 12.1. The molecule has 8 rings (SSSR count). The quantitative estimate of drug-likeness (QED) is 0.0840. The van der Waals surface area contributed by atoms with Crippen molar-refractivity contribution < 1.29 is 52.4 Å². The van der Waals surface area contributed by atoms with Crippen LogP contribution in [0.3, 0.4) is 0 Å². The molecule has 8 aromatic rings. The molecular weight excluding hydrogens is 1050 g/mol. The highest BCUT2D eigenvalue weighted by Crippen LogP contribution is 2.30. The van der Waals surface area contributed by atoms with Gasteiger partial charge in [-0.25, -0.2) is 42.7 Å². The van der Waals surface area contributed by atoms with Crippen molar-refractivity contribution >= 4 is 96.6 Å². The number of carbonyl (C=O) groups is 5. The fraction of sp³-hybridized carbons (Fsp3) is 0.400. The molecule has 3 N–H and O–H groups in total. The van der Waals surface area contributed by atoms with E-state index >= 15 is 0 Å². The number of rotatable bonds is 4. The fourth-order valence-corrected chi connectivity index (χ4v) is 9.01. The molecule has 23 heteroatoms. The topological polar surface area (TPSA) is 271 Å². The summed E-state index contributed by atoms with van der Waals surface area (Å²) in [6, 6.07) is 10.9. The van der Waals surface area contributed by atoms with Gasteiger partial charge < -0.3 is 43.4 Å². The van der Waals surface area contributed by atoms with Crippen LogP contribution in [0.1, 0.15) is 136 Å². The van der Waals surface area contributed by atoms with Crippen LogP contribution in [0.4, 0.5) is 14.4 Å². The molecule has 0 fully saturated rings. The van der Waals surface area contributed by atoms with Crippen molar-refractivity contribution in [1.29, 1.82) is 0 Å². The van der Waals surface area contributed by atoms with Gasteiger partial charge >= 0.3 is 41.7 Å². The van der Waals surface area contributed by atoms with Crippen LogP contribution in [0.15, 0.2) is 77.1 Å². The Balaban J connectivity index is 0.000000205. The number of aromatic amines is 3. The molecule has 0 aliphatic heterocycles. The zero-order chi connectivity index (χ0) is 58.4. The Morgan fingerprint density at radius 2 is 0.872 bits per heavy atom. The summed E-state index contributed by atoms with van der Waals surface area (Å²) in [6.45, 7) is 29.2. The summed E-state index contributed by atoms with van der Waals surface area (Å²) in [7, 11) is 0. The van der Waals surface area contributed by atoms with Crippen molar-refractivity contribution in [2.45, 2.75) is 146 Å². The lowest BCUT2D eigenvalue weighted by Crippen LogP contribution is -2.43. The Labute approximate surface area is 455 Å². The van der Waals surface area contributed by atoms with E-state index in [-0.39, 0.29) is 33.7 Å². The van der Waals surface area contributed by atoms with Gasteiger partial charge in [-0.1, -0.05) is 23.3 Å². The van der Waals surface area contributed by atoms with E-state index in [1.807, 2.05) is 38.1 Å². The second-order valence-corrected chi connectivity index (χ2v) is 24.5. The molecule has 0 saturated heterocycles. The summed E-state index contributed by atoms with van der Waals surface area (Å²) in [5, 5.41) is 8.09. The number of aromatic nitrogens is 6. The number of esters is 2. The molecular formula is C55H64N6O15S2. The van der Waals surface area contributed by atoms with E-state index in [4.69, 9.17) is 23.7 Å². The van der Waals surface area contributed by atoms with Gasteiger partial charge in [-0.2, -0.15) is 4.57 Å². The van der Waals surface area contributed by atoms with Crippen molar-refractivity contribution in [1.82, 2.24) is 28.7 Å². The standard InChI is InChI=1S/C25H27N3O6S.C20H19N3O4S.C10H18O5/c1-13-8-9-16-14(10-13)19(18(26-16)21(30)33-24(2,3)4)28-20(29)15-11-35-12-17(15)27(22(28)31)23(32)34-25(5,6)7;1-10-5-6-13-11(7-10)16(15(21-13)18(25)27-20(2,3)4)23-17(24)12-8-28-9-14(12)22-19(23)26;1-9(2,3)14-7(11)13-8(12)15-10(4,5)6/h8-12,26H,1-7H3;5-9,21H,1-4H3,(H,22,26);1-6H3. The van der Waals surface area contributed by atoms with Crippen LogP contribution < -0.4 is 22.5 Å². The molecule has 6 aromatic heterocycles. The number of nitrogens with zero attached hydrogens (tertiary/aromatic N) is 3. The minimum absolute atomic E-state index is 0.0263. The second kappa shape index (κ2) is 21.8. The second-order valence-electron chi connectivity index (χ2n) is 23.0. The van der Waals surface area contributed by atoms with E-state index in [1.165, 1.54) is 22.7 Å². The van der Waals surface area contributed by atoms with Gasteiger partial charge in [0.2, 0.25) is 0 Å². The number of H-pyrrole nitrogens is 3. The summed E-state index contributed by atoms with van der Waals surface area (Å²) >= 11 is 2.50. The largest absolute Gasteiger partial charge is 0.519 e. The average molecular weight is 1110 g/mol. The molecule has 21 nitrogen and oxygen atoms in total. The highest BCUT2D eigenvalue weighted by molar-refractivity contribution is 7.09. The Bertz CT molecular complexity index is 3870. The van der Waals surface area contributed by atoms with Gasteiger partial charge in [0.05, 0.1) is 33.2 Å². The first-order valence-corrected chi connectivity index (χ1v) is 26.3. The predicted octanol–water partition coefficient (Wildman–Crippen LogP) is 11.1. The van der Waals surface area contributed by atoms with E-state index in [2.05, 4.69) is 19.7 Å². The van der Waals surface area contributed by atoms with Crippen LogP contribution in [-0.2, 0) is 28.4 Å². The van der Waals surface area contributed by atoms with Crippen molar-refractivity contribution in [3.05, 3.63) is 122 Å². The molecule has 78 heavy (non-hydrogen) atoms. The maximum absolute atomic E-state index is 13.8. The van der Waals surface area contributed by atoms with Gasteiger partial charge in [-0.05, 0) is 142 Å². The number of fused-ring (bicyclic) bond motifs is 4. The smallest absolute Gasteiger partial charge is 0.455 e. The molecule has 0 aliphatic rings. The number of thiophene rings is 2. The van der Waals surface area contributed by atoms with Crippen LogP contribution in [0.5, 0.6) is 0 Å². The minimum atomic E-state index is -1.06.